The molecule has 0 saturated carbocycles. The van der Waals surface area contributed by atoms with Gasteiger partial charge in [-0.15, -0.1) is 0 Å². The molecule has 0 aliphatic heterocycles. The molecule has 0 radical (unpaired) electrons. The van der Waals surface area contributed by atoms with E-state index in [-0.39, 0.29) is 29.3 Å². The van der Waals surface area contributed by atoms with Gasteiger partial charge < -0.3 is 16.4 Å². The van der Waals surface area contributed by atoms with Crippen molar-refractivity contribution in [1.29, 1.82) is 0 Å². The van der Waals surface area contributed by atoms with Crippen LogP contribution in [0.1, 0.15) is 20.3 Å². The molecule has 0 aliphatic carbocycles. The van der Waals surface area contributed by atoms with Gasteiger partial charge in [0.1, 0.15) is 0 Å². The van der Waals surface area contributed by atoms with Crippen LogP contribution in [0.4, 0.5) is 29.0 Å². The summed E-state index contributed by atoms with van der Waals surface area (Å²) < 4.78 is 0. The highest BCUT2D eigenvalue weighted by Crippen LogP contribution is 2.31. The van der Waals surface area contributed by atoms with Gasteiger partial charge in [-0.2, -0.15) is 9.97 Å². The average Bonchev–Trinajstić information content (AvgIpc) is 2.48. The van der Waals surface area contributed by atoms with Crippen LogP contribution in [0.2, 0.25) is 5.02 Å². The highest BCUT2D eigenvalue weighted by molar-refractivity contribution is 6.30. The van der Waals surface area contributed by atoms with Gasteiger partial charge in [0.15, 0.2) is 0 Å². The zero-order chi connectivity index (χ0) is 17.0. The standard InChI is InChI=1S/C14H17ClN6O2/c1-3-8(2)17-14-19-12(16)11(21(22)23)13(20-14)18-10-6-4-9(15)5-7-10/h4-8H,3H2,1-2H3,(H4,16,17,18,19,20)/t8-/m1/s1. The smallest absolute Gasteiger partial charge is 0.353 e. The maximum Gasteiger partial charge on any atom is 0.353 e. The number of nitrogens with two attached hydrogens (primary N) is 1. The fourth-order valence-electron chi connectivity index (χ4n) is 1.80. The number of nitrogen functional groups attached to an aromatic ring is 1. The minimum atomic E-state index is -0.611. The molecule has 0 fully saturated rings. The van der Waals surface area contributed by atoms with E-state index in [1.54, 1.807) is 24.3 Å². The zero-order valence-electron chi connectivity index (χ0n) is 12.7. The quantitative estimate of drug-likeness (QED) is 0.544. The Bertz CT molecular complexity index is 707. The Morgan fingerprint density at radius 3 is 2.57 bits per heavy atom. The lowest BCUT2D eigenvalue weighted by molar-refractivity contribution is -0.383. The number of nitrogens with one attached hydrogen (secondary N) is 2. The molecule has 1 atom stereocenters. The molecule has 0 aliphatic rings. The van der Waals surface area contributed by atoms with Crippen LogP contribution in [0, 0.1) is 10.1 Å². The van der Waals surface area contributed by atoms with Gasteiger partial charge in [-0.05, 0) is 37.6 Å². The fourth-order valence-corrected chi connectivity index (χ4v) is 1.92. The van der Waals surface area contributed by atoms with Crippen molar-refractivity contribution >= 4 is 40.6 Å². The highest BCUT2D eigenvalue weighted by Gasteiger charge is 2.23. The Balaban J connectivity index is 2.41. The predicted molar refractivity (Wildman–Crippen MR) is 91.2 cm³/mol. The molecule has 8 nitrogen and oxygen atoms in total. The van der Waals surface area contributed by atoms with Crippen LogP contribution in [-0.2, 0) is 0 Å². The summed E-state index contributed by atoms with van der Waals surface area (Å²) >= 11 is 5.83. The van der Waals surface area contributed by atoms with Crippen molar-refractivity contribution in [3.05, 3.63) is 39.4 Å². The van der Waals surface area contributed by atoms with Crippen molar-refractivity contribution < 1.29 is 4.92 Å². The van der Waals surface area contributed by atoms with E-state index >= 15 is 0 Å². The molecular weight excluding hydrogens is 320 g/mol. The molecule has 1 aromatic heterocycles. The lowest BCUT2D eigenvalue weighted by Gasteiger charge is -2.13. The van der Waals surface area contributed by atoms with Gasteiger partial charge in [-0.25, -0.2) is 0 Å². The molecule has 9 heteroatoms. The van der Waals surface area contributed by atoms with Crippen LogP contribution in [0.3, 0.4) is 0 Å². The highest BCUT2D eigenvalue weighted by atomic mass is 35.5. The number of anilines is 4. The number of benzene rings is 1. The second-order valence-corrected chi connectivity index (χ2v) is 5.41. The van der Waals surface area contributed by atoms with Crippen molar-refractivity contribution in [3.63, 3.8) is 0 Å². The Morgan fingerprint density at radius 2 is 2.00 bits per heavy atom. The summed E-state index contributed by atoms with van der Waals surface area (Å²) in [4.78, 5) is 18.8. The summed E-state index contributed by atoms with van der Waals surface area (Å²) in [6, 6.07) is 6.81. The van der Waals surface area contributed by atoms with E-state index in [2.05, 4.69) is 20.6 Å². The van der Waals surface area contributed by atoms with Crippen LogP contribution < -0.4 is 16.4 Å². The molecule has 0 spiro atoms. The molecular formula is C14H17ClN6O2. The van der Waals surface area contributed by atoms with E-state index in [0.717, 1.165) is 6.42 Å². The third-order valence-corrected chi connectivity index (χ3v) is 3.44. The molecule has 0 unspecified atom stereocenters. The first-order valence-electron chi connectivity index (χ1n) is 7.01. The summed E-state index contributed by atoms with van der Waals surface area (Å²) in [6.45, 7) is 3.95. The second-order valence-electron chi connectivity index (χ2n) is 4.97. The van der Waals surface area contributed by atoms with Crippen LogP contribution in [0.15, 0.2) is 24.3 Å². The summed E-state index contributed by atoms with van der Waals surface area (Å²) in [5.74, 6) is 0.0572. The van der Waals surface area contributed by atoms with Gasteiger partial charge in [-0.3, -0.25) is 10.1 Å². The topological polar surface area (TPSA) is 119 Å². The maximum atomic E-state index is 11.2. The minimum Gasteiger partial charge on any atom is -0.378 e. The van der Waals surface area contributed by atoms with Crippen molar-refractivity contribution in [2.24, 2.45) is 0 Å². The zero-order valence-corrected chi connectivity index (χ0v) is 13.5. The Hall–Kier alpha value is -2.61. The first-order valence-corrected chi connectivity index (χ1v) is 7.39. The Labute approximate surface area is 138 Å². The maximum absolute atomic E-state index is 11.2. The summed E-state index contributed by atoms with van der Waals surface area (Å²) in [5.41, 5.74) is 5.96. The molecule has 1 aromatic carbocycles. The average molecular weight is 337 g/mol. The minimum absolute atomic E-state index is 0.0237. The van der Waals surface area contributed by atoms with Gasteiger partial charge in [0.25, 0.3) is 0 Å². The van der Waals surface area contributed by atoms with Crippen molar-refractivity contribution in [1.82, 2.24) is 9.97 Å². The van der Waals surface area contributed by atoms with Gasteiger partial charge in [-0.1, -0.05) is 18.5 Å². The van der Waals surface area contributed by atoms with Gasteiger partial charge in [0.05, 0.1) is 4.92 Å². The van der Waals surface area contributed by atoms with Gasteiger partial charge in [0, 0.05) is 16.8 Å². The molecule has 2 aromatic rings. The lowest BCUT2D eigenvalue weighted by Crippen LogP contribution is -2.17. The molecule has 23 heavy (non-hydrogen) atoms. The number of nitrogens with zero attached hydrogens (tertiary/aromatic N) is 3. The summed E-state index contributed by atoms with van der Waals surface area (Å²) in [5, 5.41) is 17.7. The van der Waals surface area contributed by atoms with E-state index < -0.39 is 4.92 Å². The SMILES string of the molecule is CC[C@@H](C)Nc1nc(N)c([N+](=O)[O-])c(Nc2ccc(Cl)cc2)n1. The first-order chi connectivity index (χ1) is 10.9. The number of aromatic nitrogens is 2. The Morgan fingerprint density at radius 1 is 1.35 bits per heavy atom. The van der Waals surface area contributed by atoms with Gasteiger partial charge in [0.2, 0.25) is 17.6 Å². The number of nitro groups is 1. The van der Waals surface area contributed by atoms with Crippen LogP contribution in [0.5, 0.6) is 0 Å². The van der Waals surface area contributed by atoms with E-state index in [4.69, 9.17) is 17.3 Å². The molecule has 0 amide bonds. The van der Waals surface area contributed by atoms with E-state index in [0.29, 0.717) is 10.7 Å². The fraction of sp³-hybridized carbons (Fsp3) is 0.286. The van der Waals surface area contributed by atoms with Gasteiger partial charge >= 0.3 is 5.69 Å². The van der Waals surface area contributed by atoms with E-state index in [1.165, 1.54) is 0 Å². The monoisotopic (exact) mass is 336 g/mol. The number of halogens is 1. The molecule has 0 saturated heterocycles. The molecule has 4 N–H and O–H groups in total. The molecule has 122 valence electrons. The number of hydrogen-bond acceptors (Lipinski definition) is 7. The normalized spacial score (nSPS) is 11.8. The molecule has 2 rings (SSSR count). The number of rotatable bonds is 6. The second kappa shape index (κ2) is 7.10. The third-order valence-electron chi connectivity index (χ3n) is 3.19. The van der Waals surface area contributed by atoms with Crippen LogP contribution >= 0.6 is 11.6 Å². The largest absolute Gasteiger partial charge is 0.378 e. The van der Waals surface area contributed by atoms with E-state index in [9.17, 15) is 10.1 Å². The Kier molecular flexibility index (Phi) is 5.17. The predicted octanol–water partition coefficient (Wildman–Crippen LogP) is 3.57. The molecule has 0 bridgehead atoms. The number of hydrogen-bond donors (Lipinski definition) is 3. The van der Waals surface area contributed by atoms with Crippen LogP contribution in [0.25, 0.3) is 0 Å². The van der Waals surface area contributed by atoms with Crippen molar-refractivity contribution in [3.8, 4) is 0 Å². The lowest BCUT2D eigenvalue weighted by atomic mass is 10.3. The first kappa shape index (κ1) is 16.8. The van der Waals surface area contributed by atoms with E-state index in [1.807, 2.05) is 13.8 Å². The summed E-state index contributed by atoms with van der Waals surface area (Å²) in [7, 11) is 0. The third kappa shape index (κ3) is 4.19. The van der Waals surface area contributed by atoms with Crippen molar-refractivity contribution in [2.75, 3.05) is 16.4 Å². The van der Waals surface area contributed by atoms with Crippen molar-refractivity contribution in [2.45, 2.75) is 26.3 Å². The summed E-state index contributed by atoms with van der Waals surface area (Å²) in [6.07, 6.45) is 0.847. The van der Waals surface area contributed by atoms with Crippen LogP contribution in [-0.4, -0.2) is 20.9 Å². The molecule has 1 heterocycles.